The molecule has 1 aliphatic rings. The van der Waals surface area contributed by atoms with Crippen molar-refractivity contribution in [2.75, 3.05) is 11.9 Å². The van der Waals surface area contributed by atoms with Crippen LogP contribution in [0.25, 0.3) is 0 Å². The Labute approximate surface area is 139 Å². The van der Waals surface area contributed by atoms with Crippen LogP contribution in [0.2, 0.25) is 0 Å². The van der Waals surface area contributed by atoms with Crippen molar-refractivity contribution in [2.24, 2.45) is 10.8 Å². The first-order valence-corrected chi connectivity index (χ1v) is 8.72. The lowest BCUT2D eigenvalue weighted by Gasteiger charge is -2.58. The zero-order valence-corrected chi connectivity index (χ0v) is 16.8. The van der Waals surface area contributed by atoms with Crippen LogP contribution in [-0.2, 0) is 5.41 Å². The Kier molecular flexibility index (Phi) is 4.84. The number of fused-ring (bicyclic) bond motifs is 1. The zero-order valence-electron chi connectivity index (χ0n) is 16.8. The van der Waals surface area contributed by atoms with Gasteiger partial charge in [0.1, 0.15) is 0 Å². The van der Waals surface area contributed by atoms with E-state index < -0.39 is 0 Å². The Balaban J connectivity index is 0.00000116. The number of hydrogen-bond acceptors (Lipinski definition) is 1. The highest BCUT2D eigenvalue weighted by Crippen LogP contribution is 2.62. The van der Waals surface area contributed by atoms with Gasteiger partial charge in [0, 0.05) is 18.3 Å². The molecule has 0 saturated carbocycles. The lowest BCUT2D eigenvalue weighted by molar-refractivity contribution is -0.0162. The van der Waals surface area contributed by atoms with Crippen LogP contribution in [-0.4, -0.2) is 12.6 Å². The van der Waals surface area contributed by atoms with E-state index >= 15 is 0 Å². The highest BCUT2D eigenvalue weighted by Gasteiger charge is 2.59. The number of anilines is 1. The molecule has 0 saturated heterocycles. The molecule has 1 heterocycles. The molecule has 22 heavy (non-hydrogen) atoms. The van der Waals surface area contributed by atoms with Gasteiger partial charge in [-0.2, -0.15) is 0 Å². The fourth-order valence-electron chi connectivity index (χ4n) is 3.90. The molecule has 1 heteroatoms. The molecule has 1 aliphatic heterocycles. The third-order valence-corrected chi connectivity index (χ3v) is 7.43. The van der Waals surface area contributed by atoms with Crippen molar-refractivity contribution in [3.05, 3.63) is 29.8 Å². The Bertz CT molecular complexity index is 520. The summed E-state index contributed by atoms with van der Waals surface area (Å²) in [5, 5.41) is 0. The van der Waals surface area contributed by atoms with Gasteiger partial charge >= 0.3 is 0 Å². The molecule has 1 aromatic carbocycles. The summed E-state index contributed by atoms with van der Waals surface area (Å²) in [4.78, 5) is 2.48. The molecule has 0 bridgehead atoms. The lowest BCUT2D eigenvalue weighted by Crippen LogP contribution is -2.60. The van der Waals surface area contributed by atoms with Gasteiger partial charge in [-0.25, -0.2) is 0 Å². The van der Waals surface area contributed by atoms with Crippen molar-refractivity contribution >= 4 is 5.69 Å². The van der Waals surface area contributed by atoms with Gasteiger partial charge in [0.25, 0.3) is 0 Å². The zero-order chi connectivity index (χ0) is 17.6. The van der Waals surface area contributed by atoms with Gasteiger partial charge in [0.05, 0.1) is 0 Å². The second-order valence-electron chi connectivity index (χ2n) is 8.51. The van der Waals surface area contributed by atoms with Crippen molar-refractivity contribution in [3.63, 3.8) is 0 Å². The van der Waals surface area contributed by atoms with Crippen molar-refractivity contribution < 1.29 is 0 Å². The standard InChI is InChI=1S/C19H31N.C2H6/c1-16(2)14-12-10-11-13-15(14)20(9)19(7,8)18(5,6)17(16,3)4;1-2/h10-13H,1-9H3;1-2H3. The van der Waals surface area contributed by atoms with E-state index in [1.165, 1.54) is 11.3 Å². The summed E-state index contributed by atoms with van der Waals surface area (Å²) in [6.45, 7) is 23.3. The van der Waals surface area contributed by atoms with E-state index in [0.717, 1.165) is 0 Å². The van der Waals surface area contributed by atoms with E-state index in [-0.39, 0.29) is 21.8 Å². The molecule has 0 N–H and O–H groups in total. The van der Waals surface area contributed by atoms with E-state index in [2.05, 4.69) is 91.6 Å². The molecule has 2 rings (SSSR count). The first-order valence-electron chi connectivity index (χ1n) is 8.72. The van der Waals surface area contributed by atoms with Crippen molar-refractivity contribution in [3.8, 4) is 0 Å². The first-order chi connectivity index (χ1) is 9.89. The van der Waals surface area contributed by atoms with Crippen LogP contribution >= 0.6 is 0 Å². The minimum atomic E-state index is 0.0837. The van der Waals surface area contributed by atoms with Crippen LogP contribution in [0, 0.1) is 10.8 Å². The molecule has 0 radical (unpaired) electrons. The van der Waals surface area contributed by atoms with Crippen LogP contribution < -0.4 is 4.90 Å². The molecule has 0 atom stereocenters. The topological polar surface area (TPSA) is 3.24 Å². The number of nitrogens with zero attached hydrogens (tertiary/aromatic N) is 1. The monoisotopic (exact) mass is 303 g/mol. The minimum Gasteiger partial charge on any atom is -0.369 e. The molecule has 0 amide bonds. The second-order valence-corrected chi connectivity index (χ2v) is 8.51. The number of para-hydroxylation sites is 1. The molecular formula is C21H37N. The van der Waals surface area contributed by atoms with Gasteiger partial charge in [-0.05, 0) is 41.7 Å². The second kappa shape index (κ2) is 5.58. The molecule has 0 aliphatic carbocycles. The Hall–Kier alpha value is -0.980. The van der Waals surface area contributed by atoms with Gasteiger partial charge in [-0.3, -0.25) is 0 Å². The minimum absolute atomic E-state index is 0.0837. The maximum Gasteiger partial charge on any atom is 0.0406 e. The lowest BCUT2D eigenvalue weighted by atomic mass is 9.49. The summed E-state index contributed by atoms with van der Waals surface area (Å²) in [5.74, 6) is 0. The fraction of sp³-hybridized carbons (Fsp3) is 0.714. The summed E-state index contributed by atoms with van der Waals surface area (Å²) in [6.07, 6.45) is 0. The highest BCUT2D eigenvalue weighted by atomic mass is 15.2. The maximum absolute atomic E-state index is 2.48. The van der Waals surface area contributed by atoms with E-state index in [4.69, 9.17) is 0 Å². The maximum atomic E-state index is 2.48. The van der Waals surface area contributed by atoms with E-state index in [1.54, 1.807) is 0 Å². The molecule has 0 fully saturated rings. The van der Waals surface area contributed by atoms with Gasteiger partial charge in [-0.1, -0.05) is 73.6 Å². The summed E-state index contributed by atoms with van der Waals surface area (Å²) in [7, 11) is 2.25. The number of benzene rings is 1. The van der Waals surface area contributed by atoms with Crippen molar-refractivity contribution in [1.82, 2.24) is 0 Å². The summed E-state index contributed by atoms with van der Waals surface area (Å²) >= 11 is 0. The summed E-state index contributed by atoms with van der Waals surface area (Å²) in [5.41, 5.74) is 3.38. The SMILES string of the molecule is CC.CN1c2ccccc2C(C)(C)C(C)(C)C(C)(C)C1(C)C. The molecule has 0 unspecified atom stereocenters. The molecule has 1 nitrogen and oxygen atoms in total. The predicted octanol–water partition coefficient (Wildman–Crippen LogP) is 6.27. The average molecular weight is 304 g/mol. The summed E-state index contributed by atoms with van der Waals surface area (Å²) in [6, 6.07) is 8.92. The Morgan fingerprint density at radius 2 is 1.18 bits per heavy atom. The largest absolute Gasteiger partial charge is 0.369 e. The molecule has 0 spiro atoms. The van der Waals surface area contributed by atoms with Crippen LogP contribution in [0.3, 0.4) is 0 Å². The molecule has 126 valence electrons. The van der Waals surface area contributed by atoms with E-state index in [9.17, 15) is 0 Å². The Morgan fingerprint density at radius 1 is 0.727 bits per heavy atom. The molecule has 0 aromatic heterocycles. The summed E-state index contributed by atoms with van der Waals surface area (Å²) < 4.78 is 0. The molecular weight excluding hydrogens is 266 g/mol. The van der Waals surface area contributed by atoms with Crippen LogP contribution in [0.1, 0.15) is 74.8 Å². The van der Waals surface area contributed by atoms with Crippen LogP contribution in [0.15, 0.2) is 24.3 Å². The van der Waals surface area contributed by atoms with Crippen LogP contribution in [0.5, 0.6) is 0 Å². The number of hydrogen-bond donors (Lipinski definition) is 0. The highest BCUT2D eigenvalue weighted by molar-refractivity contribution is 5.60. The van der Waals surface area contributed by atoms with Crippen molar-refractivity contribution in [2.45, 2.75) is 80.2 Å². The van der Waals surface area contributed by atoms with Gasteiger partial charge in [0.15, 0.2) is 0 Å². The fourth-order valence-corrected chi connectivity index (χ4v) is 3.90. The van der Waals surface area contributed by atoms with E-state index in [1.807, 2.05) is 13.8 Å². The smallest absolute Gasteiger partial charge is 0.0406 e. The van der Waals surface area contributed by atoms with Crippen molar-refractivity contribution in [1.29, 1.82) is 0 Å². The quantitative estimate of drug-likeness (QED) is 0.546. The van der Waals surface area contributed by atoms with E-state index in [0.29, 0.717) is 0 Å². The third kappa shape index (κ3) is 2.20. The Morgan fingerprint density at radius 3 is 1.68 bits per heavy atom. The van der Waals surface area contributed by atoms with Gasteiger partial charge in [-0.15, -0.1) is 0 Å². The predicted molar refractivity (Wildman–Crippen MR) is 101 cm³/mol. The number of rotatable bonds is 0. The normalized spacial score (nSPS) is 23.7. The first kappa shape index (κ1) is 19.1. The average Bonchev–Trinajstić information content (AvgIpc) is 2.48. The molecule has 1 aromatic rings. The van der Waals surface area contributed by atoms with Crippen LogP contribution in [0.4, 0.5) is 5.69 Å². The third-order valence-electron chi connectivity index (χ3n) is 7.43. The van der Waals surface area contributed by atoms with Gasteiger partial charge in [0.2, 0.25) is 0 Å². The van der Waals surface area contributed by atoms with Gasteiger partial charge < -0.3 is 4.90 Å².